The molecule has 11 aromatic rings. The SMILES string of the molecule is CCc1ccc2c(c1)B1c3cc(CC)ccc3N(c3cccc4c5ccccc5c5ccccc5c34)c3cccc(c31)N2c1ccc2c3ccccc3c3ccccc3c2c1. The molecule has 0 N–H and O–H groups in total. The van der Waals surface area contributed by atoms with Crippen molar-refractivity contribution in [3.05, 3.63) is 199 Å². The predicted octanol–water partition coefficient (Wildman–Crippen LogP) is 13.8. The zero-order chi connectivity index (χ0) is 40.3. The molecule has 0 saturated carbocycles. The third-order valence-corrected chi connectivity index (χ3v) is 13.9. The summed E-state index contributed by atoms with van der Waals surface area (Å²) in [7, 11) is 0. The van der Waals surface area contributed by atoms with E-state index in [1.165, 1.54) is 126 Å². The van der Waals surface area contributed by atoms with Gasteiger partial charge in [-0.3, -0.25) is 0 Å². The zero-order valence-corrected chi connectivity index (χ0v) is 34.3. The Labute approximate surface area is 356 Å². The van der Waals surface area contributed by atoms with Crippen molar-refractivity contribution in [2.75, 3.05) is 9.80 Å². The van der Waals surface area contributed by atoms with Crippen molar-refractivity contribution in [2.24, 2.45) is 0 Å². The van der Waals surface area contributed by atoms with Gasteiger partial charge in [-0.2, -0.15) is 0 Å². The number of aryl methyl sites for hydroxylation is 2. The van der Waals surface area contributed by atoms with E-state index in [9.17, 15) is 0 Å². The minimum Gasteiger partial charge on any atom is -0.311 e. The second-order valence-electron chi connectivity index (χ2n) is 16.9. The van der Waals surface area contributed by atoms with Gasteiger partial charge in [0.05, 0.1) is 5.69 Å². The van der Waals surface area contributed by atoms with Crippen LogP contribution in [0.5, 0.6) is 0 Å². The Balaban J connectivity index is 1.13. The lowest BCUT2D eigenvalue weighted by Gasteiger charge is -2.44. The van der Waals surface area contributed by atoms with Gasteiger partial charge in [0.25, 0.3) is 6.71 Å². The average molecular weight is 777 g/mol. The molecular formula is C58H41BN2. The standard InChI is InChI=1S/C58H41BN2/c1-3-36-27-31-52-50(33-36)59-51-34-37(4-2)28-32-53(51)61(54-24-13-23-48-44-19-9-7-18-42(44)43-20-11-12-22-47(43)57(48)54)56-26-14-25-55(58(56)59)60(52)38-29-30-46-41-17-6-5-15-39(41)40-16-8-10-21-45(40)49(46)35-38/h5-35H,3-4H2,1-2H3. The number of fused-ring (bicyclic) bond motifs is 16. The first-order chi connectivity index (χ1) is 30.2. The van der Waals surface area contributed by atoms with Crippen LogP contribution in [-0.2, 0) is 12.8 Å². The van der Waals surface area contributed by atoms with Crippen molar-refractivity contribution in [3.63, 3.8) is 0 Å². The highest BCUT2D eigenvalue weighted by Gasteiger charge is 2.43. The Morgan fingerprint density at radius 2 is 0.738 bits per heavy atom. The van der Waals surface area contributed by atoms with Gasteiger partial charge in [-0.1, -0.05) is 159 Å². The number of nitrogens with zero attached hydrogens (tertiary/aromatic N) is 2. The molecule has 0 spiro atoms. The summed E-state index contributed by atoms with van der Waals surface area (Å²) in [5.41, 5.74) is 14.2. The van der Waals surface area contributed by atoms with Gasteiger partial charge >= 0.3 is 0 Å². The summed E-state index contributed by atoms with van der Waals surface area (Å²) in [5.74, 6) is 0. The Morgan fingerprint density at radius 1 is 0.328 bits per heavy atom. The molecule has 2 nitrogen and oxygen atoms in total. The molecule has 61 heavy (non-hydrogen) atoms. The summed E-state index contributed by atoms with van der Waals surface area (Å²) in [4.78, 5) is 5.16. The molecule has 0 atom stereocenters. The van der Waals surface area contributed by atoms with Crippen molar-refractivity contribution in [1.29, 1.82) is 0 Å². The first kappa shape index (κ1) is 34.5. The Hall–Kier alpha value is -7.36. The van der Waals surface area contributed by atoms with Crippen LogP contribution in [0.2, 0.25) is 0 Å². The predicted molar refractivity (Wildman–Crippen MR) is 264 cm³/mol. The molecule has 0 unspecified atom stereocenters. The molecule has 0 aromatic heterocycles. The number of anilines is 6. The molecule has 286 valence electrons. The van der Waals surface area contributed by atoms with Crippen LogP contribution in [0.15, 0.2) is 188 Å². The van der Waals surface area contributed by atoms with E-state index >= 15 is 0 Å². The van der Waals surface area contributed by atoms with Crippen LogP contribution >= 0.6 is 0 Å². The highest BCUT2D eigenvalue weighted by molar-refractivity contribution is 7.00. The summed E-state index contributed by atoms with van der Waals surface area (Å²) in [6.45, 7) is 4.63. The maximum atomic E-state index is 2.60. The summed E-state index contributed by atoms with van der Waals surface area (Å²) < 4.78 is 0. The normalized spacial score (nSPS) is 13.1. The number of benzene rings is 11. The molecule has 0 fully saturated rings. The monoisotopic (exact) mass is 776 g/mol. The molecular weight excluding hydrogens is 735 g/mol. The quantitative estimate of drug-likeness (QED) is 0.130. The van der Waals surface area contributed by atoms with E-state index in [2.05, 4.69) is 212 Å². The van der Waals surface area contributed by atoms with E-state index < -0.39 is 0 Å². The molecule has 3 heteroatoms. The number of rotatable bonds is 4. The zero-order valence-electron chi connectivity index (χ0n) is 34.3. The van der Waals surface area contributed by atoms with Crippen LogP contribution < -0.4 is 26.2 Å². The van der Waals surface area contributed by atoms with Gasteiger partial charge < -0.3 is 9.80 Å². The van der Waals surface area contributed by atoms with Gasteiger partial charge in [0.15, 0.2) is 0 Å². The Kier molecular flexibility index (Phi) is 7.39. The van der Waals surface area contributed by atoms with Gasteiger partial charge in [0.1, 0.15) is 0 Å². The molecule has 0 radical (unpaired) electrons. The van der Waals surface area contributed by atoms with Gasteiger partial charge in [-0.25, -0.2) is 0 Å². The number of hydrogen-bond acceptors (Lipinski definition) is 2. The smallest absolute Gasteiger partial charge is 0.252 e. The fraction of sp³-hybridized carbons (Fsp3) is 0.0690. The van der Waals surface area contributed by atoms with Crippen LogP contribution in [0, 0.1) is 0 Å². The van der Waals surface area contributed by atoms with Crippen LogP contribution in [0.4, 0.5) is 34.1 Å². The van der Waals surface area contributed by atoms with Crippen molar-refractivity contribution >= 4 is 122 Å². The third kappa shape index (κ3) is 4.80. The lowest BCUT2D eigenvalue weighted by molar-refractivity contribution is 1.14. The van der Waals surface area contributed by atoms with Crippen LogP contribution in [-0.4, -0.2) is 6.71 Å². The molecule has 0 amide bonds. The van der Waals surface area contributed by atoms with Gasteiger partial charge in [-0.15, -0.1) is 0 Å². The molecule has 2 heterocycles. The van der Waals surface area contributed by atoms with E-state index in [1.54, 1.807) is 0 Å². The van der Waals surface area contributed by atoms with Crippen LogP contribution in [0.3, 0.4) is 0 Å². The average Bonchev–Trinajstić information content (AvgIpc) is 3.33. The lowest BCUT2D eigenvalue weighted by Crippen LogP contribution is -2.61. The minimum atomic E-state index is 0.0690. The van der Waals surface area contributed by atoms with Crippen LogP contribution in [0.25, 0.3) is 64.6 Å². The largest absolute Gasteiger partial charge is 0.311 e. The molecule has 2 aliphatic heterocycles. The molecule has 0 aliphatic carbocycles. The molecule has 0 saturated heterocycles. The maximum absolute atomic E-state index is 2.60. The van der Waals surface area contributed by atoms with Crippen LogP contribution in [0.1, 0.15) is 25.0 Å². The van der Waals surface area contributed by atoms with Gasteiger partial charge in [-0.05, 0) is 142 Å². The van der Waals surface area contributed by atoms with E-state index in [0.29, 0.717) is 0 Å². The van der Waals surface area contributed by atoms with Gasteiger partial charge in [0, 0.05) is 33.8 Å². The van der Waals surface area contributed by atoms with E-state index in [4.69, 9.17) is 0 Å². The highest BCUT2D eigenvalue weighted by Crippen LogP contribution is 2.49. The van der Waals surface area contributed by atoms with Crippen molar-refractivity contribution in [1.82, 2.24) is 0 Å². The Bertz CT molecular complexity index is 3580. The first-order valence-corrected chi connectivity index (χ1v) is 21.8. The lowest BCUT2D eigenvalue weighted by atomic mass is 9.33. The summed E-state index contributed by atoms with van der Waals surface area (Å²) in [5, 5.41) is 15.4. The topological polar surface area (TPSA) is 6.48 Å². The summed E-state index contributed by atoms with van der Waals surface area (Å²) in [6, 6.07) is 71.3. The first-order valence-electron chi connectivity index (χ1n) is 21.8. The van der Waals surface area contributed by atoms with Crippen molar-refractivity contribution in [2.45, 2.75) is 26.7 Å². The highest BCUT2D eigenvalue weighted by atomic mass is 15.2. The maximum Gasteiger partial charge on any atom is 0.252 e. The van der Waals surface area contributed by atoms with Crippen molar-refractivity contribution < 1.29 is 0 Å². The second-order valence-corrected chi connectivity index (χ2v) is 16.9. The second kappa shape index (κ2) is 13.1. The molecule has 2 aliphatic rings. The summed E-state index contributed by atoms with van der Waals surface area (Å²) >= 11 is 0. The third-order valence-electron chi connectivity index (χ3n) is 13.9. The van der Waals surface area contributed by atoms with E-state index in [1.807, 2.05) is 0 Å². The Morgan fingerprint density at radius 3 is 1.28 bits per heavy atom. The molecule has 11 aromatic carbocycles. The van der Waals surface area contributed by atoms with Crippen molar-refractivity contribution in [3.8, 4) is 0 Å². The fourth-order valence-electron chi connectivity index (χ4n) is 11.2. The van der Waals surface area contributed by atoms with E-state index in [0.717, 1.165) is 12.8 Å². The minimum absolute atomic E-state index is 0.0690. The molecule has 0 bridgehead atoms. The fourth-order valence-corrected chi connectivity index (χ4v) is 11.2. The van der Waals surface area contributed by atoms with E-state index in [-0.39, 0.29) is 6.71 Å². The van der Waals surface area contributed by atoms with Gasteiger partial charge in [0.2, 0.25) is 0 Å². The molecule has 13 rings (SSSR count). The number of hydrogen-bond donors (Lipinski definition) is 0. The summed E-state index contributed by atoms with van der Waals surface area (Å²) in [6.07, 6.45) is 1.96.